The van der Waals surface area contributed by atoms with Crippen LogP contribution in [0, 0.1) is 0 Å². The average Bonchev–Trinajstić information content (AvgIpc) is 2.99. The molecular formula is C39H84Cl2N6O2. The zero-order valence-electron chi connectivity index (χ0n) is 34.0. The van der Waals surface area contributed by atoms with E-state index in [-0.39, 0.29) is 48.8 Å². The van der Waals surface area contributed by atoms with Gasteiger partial charge in [0.25, 0.3) is 0 Å². The summed E-state index contributed by atoms with van der Waals surface area (Å²) in [5.74, 6) is 0.0179. The van der Waals surface area contributed by atoms with Crippen molar-refractivity contribution in [2.75, 3.05) is 75.0 Å². The summed E-state index contributed by atoms with van der Waals surface area (Å²) in [6.07, 6.45) is 26.7. The molecule has 8 nitrogen and oxygen atoms in total. The van der Waals surface area contributed by atoms with Crippen molar-refractivity contribution in [3.63, 3.8) is 0 Å². The fourth-order valence-corrected chi connectivity index (χ4v) is 5.62. The lowest BCUT2D eigenvalue weighted by Gasteiger charge is -2.38. The van der Waals surface area contributed by atoms with Gasteiger partial charge in [0.2, 0.25) is 11.8 Å². The number of amides is 2. The third-order valence-electron chi connectivity index (χ3n) is 8.32. The SMILES string of the molecule is CCCCCCCC/C=C/CCCCCCCCNCCCNCCC(=O)NC(C(C)NC(=O)CC)[N+](C)(C)C.CCC[N+](C)(C)C.[Cl-].[Cl-]. The van der Waals surface area contributed by atoms with Crippen LogP contribution in [0.2, 0.25) is 0 Å². The lowest BCUT2D eigenvalue weighted by Crippen LogP contribution is -3.00. The van der Waals surface area contributed by atoms with E-state index in [2.05, 4.69) is 68.4 Å². The highest BCUT2D eigenvalue weighted by Crippen LogP contribution is 2.10. The molecule has 49 heavy (non-hydrogen) atoms. The number of quaternary nitrogens is 2. The zero-order valence-corrected chi connectivity index (χ0v) is 35.6. The predicted molar refractivity (Wildman–Crippen MR) is 205 cm³/mol. The van der Waals surface area contributed by atoms with E-state index in [0.29, 0.717) is 23.9 Å². The quantitative estimate of drug-likeness (QED) is 0.0386. The van der Waals surface area contributed by atoms with Crippen LogP contribution in [0.4, 0.5) is 0 Å². The Morgan fingerprint density at radius 3 is 1.49 bits per heavy atom. The molecule has 4 N–H and O–H groups in total. The Morgan fingerprint density at radius 1 is 0.571 bits per heavy atom. The second kappa shape index (κ2) is 36.9. The molecule has 0 fully saturated rings. The lowest BCUT2D eigenvalue weighted by atomic mass is 10.1. The van der Waals surface area contributed by atoms with E-state index in [9.17, 15) is 9.59 Å². The number of rotatable bonds is 30. The summed E-state index contributed by atoms with van der Waals surface area (Å²) in [7, 11) is 12.7. The van der Waals surface area contributed by atoms with Crippen molar-refractivity contribution < 1.29 is 43.4 Å². The van der Waals surface area contributed by atoms with Gasteiger partial charge in [-0.1, -0.05) is 90.7 Å². The molecule has 0 rings (SSSR count). The Hall–Kier alpha value is -0.900. The van der Waals surface area contributed by atoms with Crippen LogP contribution in [0.25, 0.3) is 0 Å². The molecular weight excluding hydrogens is 655 g/mol. The monoisotopic (exact) mass is 739 g/mol. The molecule has 0 spiro atoms. The van der Waals surface area contributed by atoms with Crippen molar-refractivity contribution in [3.8, 4) is 0 Å². The molecule has 0 aromatic rings. The van der Waals surface area contributed by atoms with Crippen molar-refractivity contribution in [2.45, 2.75) is 155 Å². The Labute approximate surface area is 318 Å². The molecule has 2 unspecified atom stereocenters. The average molecular weight is 740 g/mol. The summed E-state index contributed by atoms with van der Waals surface area (Å²) in [5, 5.41) is 13.0. The Bertz CT molecular complexity index is 757. The topological polar surface area (TPSA) is 82.3 Å². The van der Waals surface area contributed by atoms with E-state index in [1.165, 1.54) is 103 Å². The number of carbonyl (C=O) groups excluding carboxylic acids is 2. The summed E-state index contributed by atoms with van der Waals surface area (Å²) in [6.45, 7) is 13.2. The first kappa shape index (κ1) is 54.9. The molecule has 0 aromatic heterocycles. The fraction of sp³-hybridized carbons (Fsp3) is 0.897. The zero-order chi connectivity index (χ0) is 35.8. The minimum atomic E-state index is -0.172. The molecule has 0 aliphatic rings. The van der Waals surface area contributed by atoms with Crippen LogP contribution in [0.1, 0.15) is 143 Å². The maximum Gasteiger partial charge on any atom is 0.225 e. The summed E-state index contributed by atoms with van der Waals surface area (Å²) >= 11 is 0. The van der Waals surface area contributed by atoms with Gasteiger partial charge in [0.1, 0.15) is 0 Å². The molecule has 2 amide bonds. The van der Waals surface area contributed by atoms with Crippen molar-refractivity contribution >= 4 is 11.8 Å². The van der Waals surface area contributed by atoms with Crippen molar-refractivity contribution in [1.29, 1.82) is 0 Å². The Morgan fingerprint density at radius 2 is 1.04 bits per heavy atom. The maximum atomic E-state index is 12.5. The van der Waals surface area contributed by atoms with Gasteiger partial charge in [-0.05, 0) is 71.5 Å². The summed E-state index contributed by atoms with van der Waals surface area (Å²) in [5.41, 5.74) is 0. The Kier molecular flexibility index (Phi) is 41.3. The first-order valence-electron chi connectivity index (χ1n) is 19.5. The van der Waals surface area contributed by atoms with Crippen molar-refractivity contribution in [3.05, 3.63) is 12.2 Å². The van der Waals surface area contributed by atoms with Crippen LogP contribution in [0.15, 0.2) is 12.2 Å². The van der Waals surface area contributed by atoms with E-state index in [4.69, 9.17) is 0 Å². The highest BCUT2D eigenvalue weighted by Gasteiger charge is 2.32. The standard InChI is InChI=1S/C33H67N5O2.C6H16N.2ClH/c1-7-9-10-11-12-13-14-15-16-17-18-19-20-21-22-23-26-34-27-24-28-35-29-25-32(40)37-33(38(4,5)6)30(3)36-31(39)8-2;1-5-6-7(2,3)4;;/h15-16,30,33-35H,7-14,17-29H2,1-6H3,(H-,36,37,39,40);5-6H2,1-4H3;2*1H/q;+1;;/p-1/b16-15+;;;. The highest BCUT2D eigenvalue weighted by atomic mass is 35.5. The molecule has 0 bridgehead atoms. The molecule has 0 aromatic carbocycles. The van der Waals surface area contributed by atoms with Crippen LogP contribution in [0.5, 0.6) is 0 Å². The van der Waals surface area contributed by atoms with Crippen LogP contribution in [0.3, 0.4) is 0 Å². The van der Waals surface area contributed by atoms with Gasteiger partial charge >= 0.3 is 0 Å². The van der Waals surface area contributed by atoms with Gasteiger partial charge < -0.3 is 55.0 Å². The first-order chi connectivity index (χ1) is 22.3. The predicted octanol–water partition coefficient (Wildman–Crippen LogP) is 1.16. The van der Waals surface area contributed by atoms with E-state index >= 15 is 0 Å². The molecule has 0 radical (unpaired) electrons. The molecule has 0 aliphatic carbocycles. The van der Waals surface area contributed by atoms with Gasteiger partial charge in [0.05, 0.1) is 54.9 Å². The molecule has 0 heterocycles. The van der Waals surface area contributed by atoms with Gasteiger partial charge in [0.15, 0.2) is 6.17 Å². The minimum absolute atomic E-state index is 0. The number of hydrogen-bond acceptors (Lipinski definition) is 4. The van der Waals surface area contributed by atoms with E-state index in [1.54, 1.807) is 0 Å². The number of halogens is 2. The molecule has 0 saturated heterocycles. The number of nitrogens with zero attached hydrogens (tertiary/aromatic N) is 2. The second-order valence-electron chi connectivity index (χ2n) is 15.4. The van der Waals surface area contributed by atoms with Crippen LogP contribution < -0.4 is 46.1 Å². The number of allylic oxidation sites excluding steroid dienone is 2. The Balaban J connectivity index is -0.00000101. The molecule has 10 heteroatoms. The largest absolute Gasteiger partial charge is 1.00 e. The van der Waals surface area contributed by atoms with E-state index in [0.717, 1.165) is 30.5 Å². The smallest absolute Gasteiger partial charge is 0.225 e. The number of hydrogen-bond donors (Lipinski definition) is 4. The molecule has 296 valence electrons. The van der Waals surface area contributed by atoms with E-state index < -0.39 is 0 Å². The third kappa shape index (κ3) is 41.4. The highest BCUT2D eigenvalue weighted by molar-refractivity contribution is 5.77. The van der Waals surface area contributed by atoms with Gasteiger partial charge in [0, 0.05) is 19.4 Å². The molecule has 0 aliphatic heterocycles. The van der Waals surface area contributed by atoms with Gasteiger partial charge in [-0.3, -0.25) is 9.59 Å². The first-order valence-corrected chi connectivity index (χ1v) is 19.5. The van der Waals surface area contributed by atoms with Crippen molar-refractivity contribution in [2.24, 2.45) is 0 Å². The van der Waals surface area contributed by atoms with Crippen molar-refractivity contribution in [1.82, 2.24) is 21.3 Å². The molecule has 2 atom stereocenters. The van der Waals surface area contributed by atoms with Gasteiger partial charge in [-0.15, -0.1) is 0 Å². The summed E-state index contributed by atoms with van der Waals surface area (Å²) in [4.78, 5) is 24.3. The van der Waals surface area contributed by atoms with E-state index in [1.807, 2.05) is 35.0 Å². The minimum Gasteiger partial charge on any atom is -1.00 e. The van der Waals surface area contributed by atoms with Gasteiger partial charge in [-0.25, -0.2) is 0 Å². The third-order valence-corrected chi connectivity index (χ3v) is 8.32. The number of nitrogens with one attached hydrogen (secondary N) is 4. The fourth-order valence-electron chi connectivity index (χ4n) is 5.62. The number of unbranched alkanes of at least 4 members (excludes halogenated alkanes) is 12. The van der Waals surface area contributed by atoms with Crippen LogP contribution >= 0.6 is 0 Å². The number of carbonyl (C=O) groups is 2. The maximum absolute atomic E-state index is 12.5. The van der Waals surface area contributed by atoms with Crippen LogP contribution in [-0.2, 0) is 9.59 Å². The van der Waals surface area contributed by atoms with Gasteiger partial charge in [-0.2, -0.15) is 0 Å². The summed E-state index contributed by atoms with van der Waals surface area (Å²) in [6, 6.07) is -0.137. The van der Waals surface area contributed by atoms with Crippen LogP contribution in [-0.4, -0.2) is 108 Å². The molecule has 0 saturated carbocycles. The number of likely N-dealkylation sites (N-methyl/N-ethyl adjacent to an activating group) is 1. The lowest BCUT2D eigenvalue weighted by molar-refractivity contribution is -0.899. The normalized spacial score (nSPS) is 12.7. The second-order valence-corrected chi connectivity index (χ2v) is 15.4. The summed E-state index contributed by atoms with van der Waals surface area (Å²) < 4.78 is 1.64.